The van der Waals surface area contributed by atoms with E-state index in [9.17, 15) is 0 Å². The predicted molar refractivity (Wildman–Crippen MR) is 91.6 cm³/mol. The van der Waals surface area contributed by atoms with Gasteiger partial charge in [-0.15, -0.1) is 0 Å². The topological polar surface area (TPSA) is 45.6 Å². The van der Waals surface area contributed by atoms with Gasteiger partial charge < -0.3 is 10.1 Å². The van der Waals surface area contributed by atoms with E-state index in [2.05, 4.69) is 15.8 Å². The highest BCUT2D eigenvalue weighted by molar-refractivity contribution is 7.80. The molecule has 2 aromatic rings. The van der Waals surface area contributed by atoms with E-state index in [-0.39, 0.29) is 0 Å². The van der Waals surface area contributed by atoms with Crippen molar-refractivity contribution in [2.75, 3.05) is 6.61 Å². The van der Waals surface area contributed by atoms with Gasteiger partial charge in [-0.3, -0.25) is 5.43 Å². The number of benzene rings is 2. The Morgan fingerprint density at radius 2 is 1.68 bits per heavy atom. The molecule has 4 nitrogen and oxygen atoms in total. The van der Waals surface area contributed by atoms with Crippen molar-refractivity contribution in [2.24, 2.45) is 5.10 Å². The van der Waals surface area contributed by atoms with Crippen molar-refractivity contribution in [1.82, 2.24) is 10.7 Å². The number of ether oxygens (including phenoxy) is 1. The molecule has 5 heteroatoms. The van der Waals surface area contributed by atoms with Crippen LogP contribution in [0, 0.1) is 0 Å². The summed E-state index contributed by atoms with van der Waals surface area (Å²) in [6.07, 6.45) is 0. The summed E-state index contributed by atoms with van der Waals surface area (Å²) in [4.78, 5) is 0. The van der Waals surface area contributed by atoms with Gasteiger partial charge in [0.05, 0.1) is 0 Å². The second-order valence-electron chi connectivity index (χ2n) is 4.87. The van der Waals surface area contributed by atoms with Crippen LogP contribution in [0.15, 0.2) is 65.8 Å². The maximum atomic E-state index is 6.12. The second kappa shape index (κ2) is 6.25. The molecule has 0 fully saturated rings. The minimum absolute atomic E-state index is 0.442. The average Bonchev–Trinajstić information content (AvgIpc) is 2.57. The molecule has 1 heterocycles. The normalized spacial score (nSPS) is 20.8. The summed E-state index contributed by atoms with van der Waals surface area (Å²) in [5, 5.41) is 8.17. The molecule has 112 valence electrons. The van der Waals surface area contributed by atoms with Crippen molar-refractivity contribution in [2.45, 2.75) is 12.6 Å². The molecule has 0 bridgehead atoms. The van der Waals surface area contributed by atoms with Gasteiger partial charge in [-0.25, -0.2) is 0 Å². The number of nitrogens with one attached hydrogen (secondary N) is 2. The molecule has 2 N–H and O–H groups in total. The number of nitrogens with zero attached hydrogens (tertiary/aromatic N) is 1. The Morgan fingerprint density at radius 1 is 1.05 bits per heavy atom. The number of hydrazone groups is 1. The first-order valence-corrected chi connectivity index (χ1v) is 7.58. The number of rotatable bonds is 4. The van der Waals surface area contributed by atoms with Gasteiger partial charge >= 0.3 is 0 Å². The largest absolute Gasteiger partial charge is 0.346 e. The van der Waals surface area contributed by atoms with Crippen LogP contribution in [0.3, 0.4) is 0 Å². The molecule has 1 unspecified atom stereocenters. The third kappa shape index (κ3) is 2.61. The highest BCUT2D eigenvalue weighted by Crippen LogP contribution is 2.29. The lowest BCUT2D eigenvalue weighted by molar-refractivity contribution is -0.00196. The summed E-state index contributed by atoms with van der Waals surface area (Å²) >= 11 is 5.26. The van der Waals surface area contributed by atoms with Crippen molar-refractivity contribution >= 4 is 23.0 Å². The van der Waals surface area contributed by atoms with Crippen molar-refractivity contribution in [3.05, 3.63) is 71.8 Å². The molecule has 0 amide bonds. The quantitative estimate of drug-likeness (QED) is 0.852. The molecular formula is C17H17N3OS. The lowest BCUT2D eigenvalue weighted by Crippen LogP contribution is -2.60. The van der Waals surface area contributed by atoms with Crippen molar-refractivity contribution in [3.63, 3.8) is 0 Å². The maximum Gasteiger partial charge on any atom is 0.212 e. The van der Waals surface area contributed by atoms with E-state index in [1.54, 1.807) is 0 Å². The van der Waals surface area contributed by atoms with E-state index >= 15 is 0 Å². The predicted octanol–water partition coefficient (Wildman–Crippen LogP) is 2.76. The first kappa shape index (κ1) is 14.7. The Bertz CT molecular complexity index is 688. The zero-order valence-corrected chi connectivity index (χ0v) is 13.1. The molecule has 22 heavy (non-hydrogen) atoms. The molecule has 0 saturated heterocycles. The summed E-state index contributed by atoms with van der Waals surface area (Å²) in [5.41, 5.74) is 4.65. The molecule has 3 rings (SSSR count). The molecule has 1 aliphatic rings. The monoisotopic (exact) mass is 311 g/mol. The molecule has 0 spiro atoms. The van der Waals surface area contributed by atoms with E-state index in [1.165, 1.54) is 0 Å². The molecule has 0 aromatic heterocycles. The molecule has 2 aromatic carbocycles. The first-order chi connectivity index (χ1) is 10.8. The van der Waals surface area contributed by atoms with E-state index in [0.29, 0.717) is 11.7 Å². The highest BCUT2D eigenvalue weighted by atomic mass is 32.1. The second-order valence-corrected chi connectivity index (χ2v) is 5.28. The Balaban J connectivity index is 2.18. The van der Waals surface area contributed by atoms with Gasteiger partial charge in [-0.05, 0) is 19.1 Å². The van der Waals surface area contributed by atoms with Gasteiger partial charge in [0, 0.05) is 17.7 Å². The summed E-state index contributed by atoms with van der Waals surface area (Å²) in [5.74, 6) is 0. The van der Waals surface area contributed by atoms with Crippen LogP contribution in [0.5, 0.6) is 0 Å². The fourth-order valence-corrected chi connectivity index (χ4v) is 2.77. The fraction of sp³-hybridized carbons (Fsp3) is 0.176. The van der Waals surface area contributed by atoms with Crippen molar-refractivity contribution in [3.8, 4) is 0 Å². The number of hydrogen-bond acceptors (Lipinski definition) is 3. The molecule has 1 atom stereocenters. The minimum atomic E-state index is -0.889. The van der Waals surface area contributed by atoms with Crippen LogP contribution in [0.2, 0.25) is 0 Å². The maximum absolute atomic E-state index is 6.12. The van der Waals surface area contributed by atoms with Crippen LogP contribution in [0.1, 0.15) is 18.1 Å². The van der Waals surface area contributed by atoms with Crippen LogP contribution in [-0.4, -0.2) is 17.4 Å². The average molecular weight is 311 g/mol. The van der Waals surface area contributed by atoms with Crippen molar-refractivity contribution in [1.29, 1.82) is 0 Å². The highest BCUT2D eigenvalue weighted by Gasteiger charge is 2.42. The molecule has 0 saturated carbocycles. The van der Waals surface area contributed by atoms with Gasteiger partial charge in [0.1, 0.15) is 5.71 Å². The smallest absolute Gasteiger partial charge is 0.212 e. The van der Waals surface area contributed by atoms with Gasteiger partial charge in [0.15, 0.2) is 5.11 Å². The molecular weight excluding hydrogens is 294 g/mol. The Morgan fingerprint density at radius 3 is 2.32 bits per heavy atom. The van der Waals surface area contributed by atoms with E-state index in [1.807, 2.05) is 67.6 Å². The Kier molecular flexibility index (Phi) is 4.18. The number of hydrogen-bond donors (Lipinski definition) is 2. The zero-order chi connectivity index (χ0) is 15.4. The fourth-order valence-electron chi connectivity index (χ4n) is 2.58. The first-order valence-electron chi connectivity index (χ1n) is 7.17. The van der Waals surface area contributed by atoms with Gasteiger partial charge in [0.25, 0.3) is 0 Å². The van der Waals surface area contributed by atoms with Crippen molar-refractivity contribution < 1.29 is 4.74 Å². The lowest BCUT2D eigenvalue weighted by Gasteiger charge is -2.39. The summed E-state index contributed by atoms with van der Waals surface area (Å²) in [6.45, 7) is 2.48. The van der Waals surface area contributed by atoms with Crippen LogP contribution >= 0.6 is 12.2 Å². The third-order valence-electron chi connectivity index (χ3n) is 3.48. The minimum Gasteiger partial charge on any atom is -0.346 e. The van der Waals surface area contributed by atoms with Crippen LogP contribution in [0.25, 0.3) is 0 Å². The Hall–Kier alpha value is -2.24. The zero-order valence-electron chi connectivity index (χ0n) is 12.2. The van der Waals surface area contributed by atoms with Gasteiger partial charge in [0.2, 0.25) is 5.72 Å². The SMILES string of the molecule is CCOC1(c2ccccc2)NC(=S)NN=C1c1ccccc1. The summed E-state index contributed by atoms with van der Waals surface area (Å²) in [6, 6.07) is 19.9. The van der Waals surface area contributed by atoms with Gasteiger partial charge in [-0.2, -0.15) is 5.10 Å². The van der Waals surface area contributed by atoms with Crippen LogP contribution in [-0.2, 0) is 10.5 Å². The summed E-state index contributed by atoms with van der Waals surface area (Å²) in [7, 11) is 0. The summed E-state index contributed by atoms with van der Waals surface area (Å²) < 4.78 is 6.12. The number of thiocarbonyl (C=S) groups is 1. The van der Waals surface area contributed by atoms with Crippen LogP contribution < -0.4 is 10.7 Å². The van der Waals surface area contributed by atoms with E-state index < -0.39 is 5.72 Å². The van der Waals surface area contributed by atoms with E-state index in [0.717, 1.165) is 16.8 Å². The van der Waals surface area contributed by atoms with Gasteiger partial charge in [-0.1, -0.05) is 60.7 Å². The molecule has 0 aliphatic carbocycles. The molecule has 0 radical (unpaired) electrons. The van der Waals surface area contributed by atoms with E-state index in [4.69, 9.17) is 17.0 Å². The Labute approximate surface area is 135 Å². The molecule has 1 aliphatic heterocycles. The van der Waals surface area contributed by atoms with Crippen LogP contribution in [0.4, 0.5) is 0 Å². The third-order valence-corrected chi connectivity index (χ3v) is 3.67. The standard InChI is InChI=1S/C17H17N3OS/c1-2-21-17(14-11-7-4-8-12-14)15(19-20-16(22)18-17)13-9-5-3-6-10-13/h3-12H,2H2,1H3,(H2,18,20,22). The lowest BCUT2D eigenvalue weighted by atomic mass is 9.92.